The van der Waals surface area contributed by atoms with Crippen molar-refractivity contribution in [3.63, 3.8) is 0 Å². The summed E-state index contributed by atoms with van der Waals surface area (Å²) < 4.78 is 15.9. The lowest BCUT2D eigenvalue weighted by atomic mass is 10.1. The quantitative estimate of drug-likeness (QED) is 0.397. The van der Waals surface area contributed by atoms with Gasteiger partial charge in [-0.15, -0.1) is 0 Å². The van der Waals surface area contributed by atoms with Crippen LogP contribution in [0.5, 0.6) is 17.2 Å². The number of hydrogen-bond donors (Lipinski definition) is 1. The molecule has 9 heteroatoms. The molecule has 1 aliphatic rings. The summed E-state index contributed by atoms with van der Waals surface area (Å²) in [5.41, 5.74) is 1.38. The molecular formula is C26H32ClN3O5. The molecule has 35 heavy (non-hydrogen) atoms. The number of nitrogens with one attached hydrogen (secondary N) is 1. The highest BCUT2D eigenvalue weighted by molar-refractivity contribution is 6.30. The molecule has 0 spiro atoms. The first-order chi connectivity index (χ1) is 16.9. The van der Waals surface area contributed by atoms with Gasteiger partial charge in [-0.3, -0.25) is 14.5 Å². The number of nitrogens with zero attached hydrogens (tertiary/aromatic N) is 2. The third-order valence-electron chi connectivity index (χ3n) is 5.84. The van der Waals surface area contributed by atoms with Crippen LogP contribution in [0.3, 0.4) is 0 Å². The van der Waals surface area contributed by atoms with E-state index in [0.29, 0.717) is 47.5 Å². The van der Waals surface area contributed by atoms with Crippen molar-refractivity contribution in [2.24, 2.45) is 0 Å². The Morgan fingerprint density at radius 3 is 2.17 bits per heavy atom. The number of piperazine rings is 1. The van der Waals surface area contributed by atoms with Crippen molar-refractivity contribution >= 4 is 29.5 Å². The smallest absolute Gasteiger partial charge is 0.251 e. The maximum atomic E-state index is 12.6. The number of hydrogen-bond acceptors (Lipinski definition) is 6. The maximum Gasteiger partial charge on any atom is 0.251 e. The third kappa shape index (κ3) is 7.37. The van der Waals surface area contributed by atoms with Crippen LogP contribution in [0, 0.1) is 0 Å². The minimum atomic E-state index is -0.202. The second-order valence-corrected chi connectivity index (χ2v) is 8.51. The van der Waals surface area contributed by atoms with Crippen molar-refractivity contribution in [2.75, 3.05) is 60.6 Å². The van der Waals surface area contributed by atoms with Gasteiger partial charge in [-0.05, 0) is 48.9 Å². The Balaban J connectivity index is 1.39. The number of halogens is 1. The SMILES string of the molecule is COc1cc(C(=O)NCCCN2CCN(C(=O)C=Cc3ccc(Cl)cc3)CC2)cc(OC)c1OC. The molecule has 0 bridgehead atoms. The van der Waals surface area contributed by atoms with E-state index in [1.807, 2.05) is 23.1 Å². The molecule has 8 nitrogen and oxygen atoms in total. The van der Waals surface area contributed by atoms with Gasteiger partial charge in [0.2, 0.25) is 11.7 Å². The molecule has 1 aliphatic heterocycles. The monoisotopic (exact) mass is 501 g/mol. The zero-order valence-electron chi connectivity index (χ0n) is 20.4. The number of amides is 2. The molecule has 188 valence electrons. The molecule has 0 radical (unpaired) electrons. The van der Waals surface area contributed by atoms with E-state index in [0.717, 1.165) is 31.6 Å². The molecule has 1 heterocycles. The highest BCUT2D eigenvalue weighted by Gasteiger charge is 2.20. The molecule has 2 aromatic carbocycles. The van der Waals surface area contributed by atoms with Gasteiger partial charge in [0.25, 0.3) is 5.91 Å². The van der Waals surface area contributed by atoms with Crippen LogP contribution in [0.1, 0.15) is 22.3 Å². The Morgan fingerprint density at radius 1 is 0.971 bits per heavy atom. The average Bonchev–Trinajstić information content (AvgIpc) is 2.89. The molecule has 0 unspecified atom stereocenters. The molecule has 0 aliphatic carbocycles. The van der Waals surface area contributed by atoms with Gasteiger partial charge in [0.1, 0.15) is 0 Å². The van der Waals surface area contributed by atoms with E-state index in [1.165, 1.54) is 21.3 Å². The Kier molecular flexibility index (Phi) is 9.81. The van der Waals surface area contributed by atoms with Crippen LogP contribution in [0.25, 0.3) is 6.08 Å². The van der Waals surface area contributed by atoms with Crippen LogP contribution in [-0.4, -0.2) is 82.2 Å². The average molecular weight is 502 g/mol. The Bertz CT molecular complexity index is 1010. The summed E-state index contributed by atoms with van der Waals surface area (Å²) in [6.07, 6.45) is 4.22. The van der Waals surface area contributed by atoms with E-state index in [2.05, 4.69) is 10.2 Å². The maximum absolute atomic E-state index is 12.6. The minimum absolute atomic E-state index is 0.0113. The van der Waals surface area contributed by atoms with E-state index in [1.54, 1.807) is 30.3 Å². The van der Waals surface area contributed by atoms with Crippen molar-refractivity contribution in [3.05, 3.63) is 58.6 Å². The fraction of sp³-hybridized carbons (Fsp3) is 0.385. The van der Waals surface area contributed by atoms with E-state index in [4.69, 9.17) is 25.8 Å². The van der Waals surface area contributed by atoms with Crippen molar-refractivity contribution in [1.29, 1.82) is 0 Å². The fourth-order valence-corrected chi connectivity index (χ4v) is 3.98. The summed E-state index contributed by atoms with van der Waals surface area (Å²) in [6, 6.07) is 10.6. The highest BCUT2D eigenvalue weighted by Crippen LogP contribution is 2.38. The lowest BCUT2D eigenvalue weighted by Crippen LogP contribution is -2.48. The molecule has 1 fully saturated rings. The van der Waals surface area contributed by atoms with Crippen LogP contribution in [0.2, 0.25) is 5.02 Å². The molecule has 2 aromatic rings. The lowest BCUT2D eigenvalue weighted by Gasteiger charge is -2.34. The van der Waals surface area contributed by atoms with E-state index < -0.39 is 0 Å². The first-order valence-corrected chi connectivity index (χ1v) is 11.9. The van der Waals surface area contributed by atoms with Crippen LogP contribution in [0.15, 0.2) is 42.5 Å². The van der Waals surface area contributed by atoms with Gasteiger partial charge in [0, 0.05) is 49.4 Å². The number of methoxy groups -OCH3 is 3. The number of benzene rings is 2. The number of ether oxygens (including phenoxy) is 3. The molecule has 0 aromatic heterocycles. The normalized spacial score (nSPS) is 14.1. The second kappa shape index (κ2) is 13.0. The first kappa shape index (κ1) is 26.4. The second-order valence-electron chi connectivity index (χ2n) is 8.08. The molecule has 2 amide bonds. The highest BCUT2D eigenvalue weighted by atomic mass is 35.5. The molecule has 0 atom stereocenters. The first-order valence-electron chi connectivity index (χ1n) is 11.5. The summed E-state index contributed by atoms with van der Waals surface area (Å²) >= 11 is 5.89. The number of carbonyl (C=O) groups is 2. The molecule has 1 N–H and O–H groups in total. The van der Waals surface area contributed by atoms with Gasteiger partial charge in [-0.25, -0.2) is 0 Å². The summed E-state index contributed by atoms with van der Waals surface area (Å²) in [5.74, 6) is 1.13. The van der Waals surface area contributed by atoms with Crippen molar-refractivity contribution < 1.29 is 23.8 Å². The molecule has 1 saturated heterocycles. The topological polar surface area (TPSA) is 80.3 Å². The van der Waals surface area contributed by atoms with E-state index in [9.17, 15) is 9.59 Å². The minimum Gasteiger partial charge on any atom is -0.493 e. The Morgan fingerprint density at radius 2 is 1.60 bits per heavy atom. The number of rotatable bonds is 10. The summed E-state index contributed by atoms with van der Waals surface area (Å²) in [4.78, 5) is 29.2. The van der Waals surface area contributed by atoms with E-state index >= 15 is 0 Å². The summed E-state index contributed by atoms with van der Waals surface area (Å²) in [7, 11) is 4.55. The van der Waals surface area contributed by atoms with Crippen LogP contribution in [-0.2, 0) is 4.79 Å². The fourth-order valence-electron chi connectivity index (χ4n) is 3.86. The Labute approximate surface area is 211 Å². The van der Waals surface area contributed by atoms with Crippen molar-refractivity contribution in [1.82, 2.24) is 15.1 Å². The van der Waals surface area contributed by atoms with E-state index in [-0.39, 0.29) is 11.8 Å². The molecule has 3 rings (SSSR count). The van der Waals surface area contributed by atoms with Gasteiger partial charge in [-0.2, -0.15) is 0 Å². The zero-order valence-corrected chi connectivity index (χ0v) is 21.1. The van der Waals surface area contributed by atoms with Gasteiger partial charge < -0.3 is 24.4 Å². The van der Waals surface area contributed by atoms with Crippen LogP contribution in [0.4, 0.5) is 0 Å². The van der Waals surface area contributed by atoms with Crippen LogP contribution >= 0.6 is 11.6 Å². The van der Waals surface area contributed by atoms with Gasteiger partial charge >= 0.3 is 0 Å². The molecular weight excluding hydrogens is 470 g/mol. The number of carbonyl (C=O) groups excluding carboxylic acids is 2. The lowest BCUT2D eigenvalue weighted by molar-refractivity contribution is -0.127. The van der Waals surface area contributed by atoms with Gasteiger partial charge in [-0.1, -0.05) is 23.7 Å². The predicted molar refractivity (Wildman–Crippen MR) is 137 cm³/mol. The third-order valence-corrected chi connectivity index (χ3v) is 6.09. The van der Waals surface area contributed by atoms with Crippen molar-refractivity contribution in [3.8, 4) is 17.2 Å². The van der Waals surface area contributed by atoms with Crippen molar-refractivity contribution in [2.45, 2.75) is 6.42 Å². The van der Waals surface area contributed by atoms with Gasteiger partial charge in [0.15, 0.2) is 11.5 Å². The summed E-state index contributed by atoms with van der Waals surface area (Å²) in [6.45, 7) is 4.36. The zero-order chi connectivity index (χ0) is 25.2. The van der Waals surface area contributed by atoms with Crippen LogP contribution < -0.4 is 19.5 Å². The summed E-state index contributed by atoms with van der Waals surface area (Å²) in [5, 5.41) is 3.61. The van der Waals surface area contributed by atoms with Gasteiger partial charge in [0.05, 0.1) is 21.3 Å². The predicted octanol–water partition coefficient (Wildman–Crippen LogP) is 3.34. The molecule has 0 saturated carbocycles. The largest absolute Gasteiger partial charge is 0.493 e. The standard InChI is InChI=1S/C26H32ClN3O5/c1-33-22-17-20(18-23(34-2)25(22)35-3)26(32)28-11-4-12-29-13-15-30(16-14-29)24(31)10-7-19-5-8-21(27)9-6-19/h5-10,17-18H,4,11-16H2,1-3H3,(H,28,32). The Hall–Kier alpha value is -3.23.